The quantitative estimate of drug-likeness (QED) is 0.773. The Balaban J connectivity index is 1.64. The summed E-state index contributed by atoms with van der Waals surface area (Å²) in [6.45, 7) is 2.16. The Morgan fingerprint density at radius 1 is 1.42 bits per heavy atom. The molecule has 3 fully saturated rings. The Kier molecular flexibility index (Phi) is 3.64. The van der Waals surface area contributed by atoms with Crippen LogP contribution in [-0.4, -0.2) is 49.7 Å². The van der Waals surface area contributed by atoms with Gasteiger partial charge in [0.05, 0.1) is 18.8 Å². The van der Waals surface area contributed by atoms with Gasteiger partial charge in [-0.1, -0.05) is 0 Å². The van der Waals surface area contributed by atoms with Crippen molar-refractivity contribution in [2.75, 3.05) is 13.7 Å². The maximum atomic E-state index is 11.1. The molecule has 1 spiro atoms. The van der Waals surface area contributed by atoms with E-state index in [1.165, 1.54) is 0 Å². The second kappa shape index (κ2) is 5.13. The molecule has 3 saturated heterocycles. The van der Waals surface area contributed by atoms with E-state index in [1.807, 2.05) is 0 Å². The van der Waals surface area contributed by atoms with Crippen LogP contribution in [-0.2, 0) is 23.7 Å². The van der Waals surface area contributed by atoms with Crippen LogP contribution in [0, 0.1) is 0 Å². The zero-order valence-electron chi connectivity index (χ0n) is 11.6. The van der Waals surface area contributed by atoms with Gasteiger partial charge in [0.15, 0.2) is 6.29 Å². The first-order chi connectivity index (χ1) is 9.13. The summed E-state index contributed by atoms with van der Waals surface area (Å²) in [6.07, 6.45) is 4.18. The SMILES string of the molecule is CO[C@@H]1OC[C@]23C[C@H]1O[C@H]2CC[C@H](CCC(C)=O)O3. The van der Waals surface area contributed by atoms with Gasteiger partial charge in [0, 0.05) is 20.0 Å². The van der Waals surface area contributed by atoms with Gasteiger partial charge in [-0.05, 0) is 26.2 Å². The fraction of sp³-hybridized carbons (Fsp3) is 0.929. The van der Waals surface area contributed by atoms with Crippen LogP contribution in [0.15, 0.2) is 0 Å². The minimum Gasteiger partial charge on any atom is -0.367 e. The zero-order chi connectivity index (χ0) is 13.5. The second-order valence-electron chi connectivity index (χ2n) is 5.91. The number of fused-ring (bicyclic) bond motifs is 1. The van der Waals surface area contributed by atoms with Crippen LogP contribution in [0.3, 0.4) is 0 Å². The average molecular weight is 270 g/mol. The van der Waals surface area contributed by atoms with Gasteiger partial charge in [0.2, 0.25) is 0 Å². The summed E-state index contributed by atoms with van der Waals surface area (Å²) in [7, 11) is 1.64. The highest BCUT2D eigenvalue weighted by Gasteiger charge is 2.58. The summed E-state index contributed by atoms with van der Waals surface area (Å²) in [5, 5.41) is 0. The molecule has 0 aromatic rings. The Labute approximate surface area is 113 Å². The summed E-state index contributed by atoms with van der Waals surface area (Å²) in [6, 6.07) is 0. The van der Waals surface area contributed by atoms with Gasteiger partial charge in [0.1, 0.15) is 17.5 Å². The van der Waals surface area contributed by atoms with Gasteiger partial charge in [-0.3, -0.25) is 0 Å². The van der Waals surface area contributed by atoms with E-state index in [-0.39, 0.29) is 36.0 Å². The first-order valence-electron chi connectivity index (χ1n) is 7.10. The maximum absolute atomic E-state index is 11.1. The molecule has 3 aliphatic heterocycles. The minimum absolute atomic E-state index is 0.0182. The summed E-state index contributed by atoms with van der Waals surface area (Å²) >= 11 is 0. The molecule has 108 valence electrons. The van der Waals surface area contributed by atoms with Crippen molar-refractivity contribution in [3.63, 3.8) is 0 Å². The van der Waals surface area contributed by atoms with Crippen LogP contribution < -0.4 is 0 Å². The van der Waals surface area contributed by atoms with Gasteiger partial charge in [-0.15, -0.1) is 0 Å². The lowest BCUT2D eigenvalue weighted by molar-refractivity contribution is -0.231. The molecule has 0 aliphatic carbocycles. The Bertz CT molecular complexity index is 358. The molecule has 2 bridgehead atoms. The molecule has 5 nitrogen and oxygen atoms in total. The number of rotatable bonds is 4. The summed E-state index contributed by atoms with van der Waals surface area (Å²) < 4.78 is 23.3. The number of hydrogen-bond acceptors (Lipinski definition) is 5. The maximum Gasteiger partial charge on any atom is 0.183 e. The fourth-order valence-electron chi connectivity index (χ4n) is 3.50. The zero-order valence-corrected chi connectivity index (χ0v) is 11.6. The molecule has 3 heterocycles. The van der Waals surface area contributed by atoms with Gasteiger partial charge in [-0.2, -0.15) is 0 Å². The van der Waals surface area contributed by atoms with Crippen molar-refractivity contribution >= 4 is 5.78 Å². The monoisotopic (exact) mass is 270 g/mol. The molecule has 3 aliphatic rings. The van der Waals surface area contributed by atoms with Crippen LogP contribution in [0.25, 0.3) is 0 Å². The molecule has 5 atom stereocenters. The molecule has 0 aromatic carbocycles. The molecule has 0 N–H and O–H groups in total. The Morgan fingerprint density at radius 2 is 2.26 bits per heavy atom. The summed E-state index contributed by atoms with van der Waals surface area (Å²) in [5.74, 6) is 0.225. The summed E-state index contributed by atoms with van der Waals surface area (Å²) in [4.78, 5) is 11.1. The predicted molar refractivity (Wildman–Crippen MR) is 66.8 cm³/mol. The van der Waals surface area contributed by atoms with Gasteiger partial charge in [-0.25, -0.2) is 0 Å². The molecule has 5 heteroatoms. The van der Waals surface area contributed by atoms with Crippen LogP contribution in [0.1, 0.15) is 39.0 Å². The van der Waals surface area contributed by atoms with E-state index in [9.17, 15) is 4.79 Å². The number of methoxy groups -OCH3 is 1. The lowest BCUT2D eigenvalue weighted by Crippen LogP contribution is -2.54. The smallest absolute Gasteiger partial charge is 0.183 e. The van der Waals surface area contributed by atoms with E-state index < -0.39 is 0 Å². The molecular formula is C14H22O5. The second-order valence-corrected chi connectivity index (χ2v) is 5.91. The molecule has 0 aromatic heterocycles. The predicted octanol–water partition coefficient (Wildman–Crippen LogP) is 1.43. The van der Waals surface area contributed by atoms with E-state index in [0.29, 0.717) is 13.0 Å². The highest BCUT2D eigenvalue weighted by molar-refractivity contribution is 5.75. The van der Waals surface area contributed by atoms with Crippen LogP contribution in [0.5, 0.6) is 0 Å². The van der Waals surface area contributed by atoms with E-state index in [2.05, 4.69) is 0 Å². The van der Waals surface area contributed by atoms with E-state index in [4.69, 9.17) is 18.9 Å². The first kappa shape index (κ1) is 13.5. The number of ketones is 1. The molecule has 0 radical (unpaired) electrons. The van der Waals surface area contributed by atoms with E-state index >= 15 is 0 Å². The third kappa shape index (κ3) is 2.44. The largest absolute Gasteiger partial charge is 0.367 e. The van der Waals surface area contributed by atoms with Crippen LogP contribution >= 0.6 is 0 Å². The van der Waals surface area contributed by atoms with Crippen molar-refractivity contribution in [2.24, 2.45) is 0 Å². The van der Waals surface area contributed by atoms with Crippen LogP contribution in [0.2, 0.25) is 0 Å². The molecular weight excluding hydrogens is 248 g/mol. The van der Waals surface area contributed by atoms with Crippen molar-refractivity contribution in [1.82, 2.24) is 0 Å². The highest BCUT2D eigenvalue weighted by atomic mass is 16.7. The van der Waals surface area contributed by atoms with Crippen molar-refractivity contribution < 1.29 is 23.7 Å². The molecule has 0 unspecified atom stereocenters. The fourth-order valence-corrected chi connectivity index (χ4v) is 3.50. The molecule has 3 rings (SSSR count). The molecule has 0 saturated carbocycles. The topological polar surface area (TPSA) is 54.0 Å². The Morgan fingerprint density at radius 3 is 3.00 bits per heavy atom. The third-order valence-corrected chi connectivity index (χ3v) is 4.47. The first-order valence-corrected chi connectivity index (χ1v) is 7.10. The number of ether oxygens (including phenoxy) is 4. The summed E-state index contributed by atoms with van der Waals surface area (Å²) in [5.41, 5.74) is -0.306. The standard InChI is InChI=1S/C14H22O5/c1-9(15)3-4-10-5-6-12-14(19-10)7-11(18-12)13(16-2)17-8-14/h10-13H,3-8H2,1-2H3/t10-,11+,12-,13+,14+/m0/s1. The highest BCUT2D eigenvalue weighted by Crippen LogP contribution is 2.46. The number of Topliss-reactive ketones (excluding diaryl/α,β-unsaturated/α-hetero) is 1. The van der Waals surface area contributed by atoms with Crippen molar-refractivity contribution in [2.45, 2.75) is 69.2 Å². The lowest BCUT2D eigenvalue weighted by Gasteiger charge is -2.43. The van der Waals surface area contributed by atoms with Gasteiger partial charge in [0.25, 0.3) is 0 Å². The number of carbonyl (C=O) groups excluding carboxylic acids is 1. The number of carbonyl (C=O) groups is 1. The van der Waals surface area contributed by atoms with Gasteiger partial charge >= 0.3 is 0 Å². The molecule has 0 amide bonds. The normalized spacial score (nSPS) is 44.9. The molecule has 19 heavy (non-hydrogen) atoms. The average Bonchev–Trinajstić information content (AvgIpc) is 2.69. The van der Waals surface area contributed by atoms with Crippen molar-refractivity contribution in [3.8, 4) is 0 Å². The van der Waals surface area contributed by atoms with Gasteiger partial charge < -0.3 is 23.7 Å². The Hall–Kier alpha value is -0.490. The van der Waals surface area contributed by atoms with E-state index in [0.717, 1.165) is 25.7 Å². The lowest BCUT2D eigenvalue weighted by atomic mass is 9.85. The van der Waals surface area contributed by atoms with Crippen molar-refractivity contribution in [1.29, 1.82) is 0 Å². The van der Waals surface area contributed by atoms with Crippen molar-refractivity contribution in [3.05, 3.63) is 0 Å². The number of hydrogen-bond donors (Lipinski definition) is 0. The third-order valence-electron chi connectivity index (χ3n) is 4.47. The van der Waals surface area contributed by atoms with Crippen LogP contribution in [0.4, 0.5) is 0 Å². The van der Waals surface area contributed by atoms with E-state index in [1.54, 1.807) is 14.0 Å². The minimum atomic E-state index is -0.306.